The van der Waals surface area contributed by atoms with E-state index in [0.29, 0.717) is 41.0 Å². The Morgan fingerprint density at radius 2 is 2.21 bits per heavy atom. The summed E-state index contributed by atoms with van der Waals surface area (Å²) in [6, 6.07) is 5.57. The van der Waals surface area contributed by atoms with Crippen LogP contribution in [-0.4, -0.2) is 18.5 Å². The van der Waals surface area contributed by atoms with Crippen LogP contribution in [0.3, 0.4) is 0 Å². The lowest BCUT2D eigenvalue weighted by Gasteiger charge is -2.26. The summed E-state index contributed by atoms with van der Waals surface area (Å²) in [7, 11) is 0. The minimum absolute atomic E-state index is 0.315. The number of benzene rings is 1. The fourth-order valence-electron chi connectivity index (χ4n) is 2.13. The number of nitrogens with two attached hydrogens (primary N) is 2. The fourth-order valence-corrected chi connectivity index (χ4v) is 2.47. The van der Waals surface area contributed by atoms with Gasteiger partial charge in [0.25, 0.3) is 5.91 Å². The van der Waals surface area contributed by atoms with Gasteiger partial charge < -0.3 is 16.4 Å². The molecule has 5 nitrogen and oxygen atoms in total. The lowest BCUT2D eigenvalue weighted by Crippen LogP contribution is -2.30. The highest BCUT2D eigenvalue weighted by atomic mass is 35.5. The molecule has 0 atom stereocenters. The van der Waals surface area contributed by atoms with Gasteiger partial charge in [0.15, 0.2) is 0 Å². The number of primary amides is 1. The van der Waals surface area contributed by atoms with Gasteiger partial charge in [0.2, 0.25) is 0 Å². The largest absolute Gasteiger partial charge is 0.399 e. The van der Waals surface area contributed by atoms with Gasteiger partial charge >= 0.3 is 0 Å². The zero-order valence-corrected chi connectivity index (χ0v) is 11.2. The van der Waals surface area contributed by atoms with E-state index < -0.39 is 5.91 Å². The third kappa shape index (κ3) is 2.91. The molecule has 100 valence electrons. The van der Waals surface area contributed by atoms with E-state index in [9.17, 15) is 4.79 Å². The van der Waals surface area contributed by atoms with Gasteiger partial charge in [-0.05, 0) is 25.0 Å². The van der Waals surface area contributed by atoms with Gasteiger partial charge in [-0.3, -0.25) is 4.79 Å². The van der Waals surface area contributed by atoms with Crippen molar-refractivity contribution in [3.63, 3.8) is 0 Å². The summed E-state index contributed by atoms with van der Waals surface area (Å²) < 4.78 is 0. The van der Waals surface area contributed by atoms with Crippen LogP contribution in [-0.2, 0) is 0 Å². The zero-order valence-electron chi connectivity index (χ0n) is 10.4. The van der Waals surface area contributed by atoms with Crippen LogP contribution in [0, 0.1) is 11.3 Å². The van der Waals surface area contributed by atoms with E-state index >= 15 is 0 Å². The van der Waals surface area contributed by atoms with Gasteiger partial charge in [-0.2, -0.15) is 5.26 Å². The number of hydrogen-bond acceptors (Lipinski definition) is 4. The Kier molecular flexibility index (Phi) is 3.82. The van der Waals surface area contributed by atoms with E-state index in [1.54, 1.807) is 6.07 Å². The molecule has 1 aliphatic carbocycles. The molecule has 19 heavy (non-hydrogen) atoms. The average Bonchev–Trinajstić information content (AvgIpc) is 3.15. The van der Waals surface area contributed by atoms with Crippen molar-refractivity contribution >= 4 is 28.9 Å². The maximum Gasteiger partial charge on any atom is 0.250 e. The SMILES string of the molecule is N#CCCN(c1c(Cl)cc(N)cc1C(N)=O)C1CC1. The van der Waals surface area contributed by atoms with Gasteiger partial charge in [0, 0.05) is 18.3 Å². The molecule has 0 aliphatic heterocycles. The monoisotopic (exact) mass is 278 g/mol. The normalized spacial score (nSPS) is 13.9. The molecule has 1 aliphatic rings. The van der Waals surface area contributed by atoms with E-state index in [1.165, 1.54) is 6.07 Å². The smallest absolute Gasteiger partial charge is 0.250 e. The summed E-state index contributed by atoms with van der Waals surface area (Å²) in [5.41, 5.74) is 12.4. The Morgan fingerprint density at radius 3 is 2.74 bits per heavy atom. The lowest BCUT2D eigenvalue weighted by atomic mass is 10.1. The summed E-state index contributed by atoms with van der Waals surface area (Å²) in [5.74, 6) is -0.563. The second kappa shape index (κ2) is 5.37. The van der Waals surface area contributed by atoms with Gasteiger partial charge in [-0.25, -0.2) is 0 Å². The predicted molar refractivity (Wildman–Crippen MR) is 75.0 cm³/mol. The first-order valence-electron chi connectivity index (χ1n) is 6.07. The number of nitrogens with zero attached hydrogens (tertiary/aromatic N) is 2. The van der Waals surface area contributed by atoms with Crippen LogP contribution in [0.1, 0.15) is 29.6 Å². The maximum atomic E-state index is 11.6. The topological polar surface area (TPSA) is 96.1 Å². The molecule has 1 aromatic carbocycles. The van der Waals surface area contributed by atoms with Crippen LogP contribution in [0.4, 0.5) is 11.4 Å². The first kappa shape index (κ1) is 13.5. The van der Waals surface area contributed by atoms with E-state index in [2.05, 4.69) is 6.07 Å². The second-order valence-electron chi connectivity index (χ2n) is 4.60. The van der Waals surface area contributed by atoms with Crippen LogP contribution >= 0.6 is 11.6 Å². The molecule has 0 bridgehead atoms. The number of hydrogen-bond donors (Lipinski definition) is 2. The number of nitriles is 1. The molecule has 0 spiro atoms. The molecule has 0 radical (unpaired) electrons. The highest BCUT2D eigenvalue weighted by Gasteiger charge is 2.32. The number of rotatable bonds is 5. The van der Waals surface area contributed by atoms with Crippen molar-refractivity contribution in [2.75, 3.05) is 17.2 Å². The highest BCUT2D eigenvalue weighted by molar-refractivity contribution is 6.34. The number of carbonyl (C=O) groups excluding carboxylic acids is 1. The third-order valence-electron chi connectivity index (χ3n) is 3.09. The van der Waals surface area contributed by atoms with Crippen LogP contribution in [0.5, 0.6) is 0 Å². The van der Waals surface area contributed by atoms with Crippen LogP contribution in [0.2, 0.25) is 5.02 Å². The van der Waals surface area contributed by atoms with Crippen LogP contribution in [0.25, 0.3) is 0 Å². The van der Waals surface area contributed by atoms with Gasteiger partial charge in [-0.1, -0.05) is 11.6 Å². The van der Waals surface area contributed by atoms with Crippen molar-refractivity contribution in [2.45, 2.75) is 25.3 Å². The molecule has 0 saturated heterocycles. The number of nitrogen functional groups attached to an aromatic ring is 1. The molecular formula is C13H15ClN4O. The Balaban J connectivity index is 2.45. The maximum absolute atomic E-state index is 11.6. The van der Waals surface area contributed by atoms with Crippen molar-refractivity contribution in [3.8, 4) is 6.07 Å². The molecule has 1 amide bonds. The van der Waals surface area contributed by atoms with E-state index in [4.69, 9.17) is 28.3 Å². The van der Waals surface area contributed by atoms with Crippen LogP contribution in [0.15, 0.2) is 12.1 Å². The molecule has 4 N–H and O–H groups in total. The van der Waals surface area contributed by atoms with E-state index in [-0.39, 0.29) is 0 Å². The molecule has 0 aromatic heterocycles. The van der Waals surface area contributed by atoms with Crippen molar-refractivity contribution in [1.29, 1.82) is 5.26 Å². The summed E-state index contributed by atoms with van der Waals surface area (Å²) in [5, 5.41) is 9.14. The minimum atomic E-state index is -0.563. The summed E-state index contributed by atoms with van der Waals surface area (Å²) in [6.45, 7) is 0.533. The Labute approximate surface area is 116 Å². The second-order valence-corrected chi connectivity index (χ2v) is 5.00. The summed E-state index contributed by atoms with van der Waals surface area (Å²) in [4.78, 5) is 13.6. The Hall–Kier alpha value is -1.93. The Bertz CT molecular complexity index is 548. The number of halogens is 1. The first-order chi connectivity index (χ1) is 9.04. The lowest BCUT2D eigenvalue weighted by molar-refractivity contribution is 0.100. The summed E-state index contributed by atoms with van der Waals surface area (Å²) >= 11 is 6.21. The standard InChI is InChI=1S/C13H15ClN4O/c14-11-7-8(16)6-10(13(17)19)12(11)18(5-1-4-15)9-2-3-9/h6-7,9H,1-3,5,16H2,(H2,17,19). The highest BCUT2D eigenvalue weighted by Crippen LogP contribution is 2.39. The molecule has 1 fully saturated rings. The first-order valence-corrected chi connectivity index (χ1v) is 6.44. The van der Waals surface area contributed by atoms with Gasteiger partial charge in [0.05, 0.1) is 28.8 Å². The molecule has 0 heterocycles. The molecule has 1 aromatic rings. The summed E-state index contributed by atoms with van der Waals surface area (Å²) in [6.07, 6.45) is 2.43. The van der Waals surface area contributed by atoms with Crippen molar-refractivity contribution in [3.05, 3.63) is 22.7 Å². The molecule has 1 saturated carbocycles. The molecule has 2 rings (SSSR count). The third-order valence-corrected chi connectivity index (χ3v) is 3.38. The van der Waals surface area contributed by atoms with Gasteiger partial charge in [0.1, 0.15) is 0 Å². The van der Waals surface area contributed by atoms with E-state index in [0.717, 1.165) is 12.8 Å². The molecular weight excluding hydrogens is 264 g/mol. The number of carbonyl (C=O) groups is 1. The van der Waals surface area contributed by atoms with Crippen molar-refractivity contribution in [2.24, 2.45) is 5.73 Å². The fraction of sp³-hybridized carbons (Fsp3) is 0.385. The Morgan fingerprint density at radius 1 is 1.53 bits per heavy atom. The minimum Gasteiger partial charge on any atom is -0.399 e. The predicted octanol–water partition coefficient (Wildman–Crippen LogP) is 1.90. The average molecular weight is 279 g/mol. The van der Waals surface area contributed by atoms with Gasteiger partial charge in [-0.15, -0.1) is 0 Å². The van der Waals surface area contributed by atoms with E-state index in [1.807, 2.05) is 4.90 Å². The quantitative estimate of drug-likeness (QED) is 0.804. The zero-order chi connectivity index (χ0) is 14.0. The number of anilines is 2. The van der Waals surface area contributed by atoms with Crippen LogP contribution < -0.4 is 16.4 Å². The van der Waals surface area contributed by atoms with Crippen molar-refractivity contribution in [1.82, 2.24) is 0 Å². The molecule has 6 heteroatoms. The number of amides is 1. The molecule has 0 unspecified atom stereocenters. The van der Waals surface area contributed by atoms with Crippen molar-refractivity contribution < 1.29 is 4.79 Å².